The van der Waals surface area contributed by atoms with Gasteiger partial charge in [-0.25, -0.2) is 4.39 Å². The van der Waals surface area contributed by atoms with Crippen LogP contribution in [-0.4, -0.2) is 9.78 Å². The van der Waals surface area contributed by atoms with Gasteiger partial charge in [0, 0.05) is 6.54 Å². The third-order valence-electron chi connectivity index (χ3n) is 2.35. The van der Waals surface area contributed by atoms with Crippen molar-refractivity contribution in [2.24, 2.45) is 0 Å². The molecule has 0 atom stereocenters. The van der Waals surface area contributed by atoms with Gasteiger partial charge < -0.3 is 4.74 Å². The van der Waals surface area contributed by atoms with E-state index < -0.39 is 5.82 Å². The van der Waals surface area contributed by atoms with Crippen LogP contribution in [0, 0.1) is 17.1 Å². The lowest BCUT2D eigenvalue weighted by Crippen LogP contribution is -1.95. The van der Waals surface area contributed by atoms with Crippen LogP contribution in [0.5, 0.6) is 11.5 Å². The maximum atomic E-state index is 13.0. The standard InChI is InChI=1S/C13H12FN3O/c1-2-5-17-9-12(8-16-17)18-13-4-3-11(14)6-10(13)7-15/h3-4,6,8-9H,2,5H2,1H3. The second-order valence-corrected chi connectivity index (χ2v) is 3.79. The van der Waals surface area contributed by atoms with Gasteiger partial charge >= 0.3 is 0 Å². The van der Waals surface area contributed by atoms with E-state index in [1.807, 2.05) is 6.07 Å². The van der Waals surface area contributed by atoms with E-state index in [1.165, 1.54) is 12.1 Å². The number of hydrogen-bond donors (Lipinski definition) is 0. The van der Waals surface area contributed by atoms with Gasteiger partial charge in [0.15, 0.2) is 5.75 Å². The Morgan fingerprint density at radius 2 is 2.33 bits per heavy atom. The third-order valence-corrected chi connectivity index (χ3v) is 2.35. The number of rotatable bonds is 4. The van der Waals surface area contributed by atoms with E-state index >= 15 is 0 Å². The maximum absolute atomic E-state index is 13.0. The van der Waals surface area contributed by atoms with Crippen LogP contribution < -0.4 is 4.74 Å². The van der Waals surface area contributed by atoms with Crippen molar-refractivity contribution in [3.63, 3.8) is 0 Å². The van der Waals surface area contributed by atoms with Crippen LogP contribution in [0.3, 0.4) is 0 Å². The average Bonchev–Trinajstić information content (AvgIpc) is 2.79. The minimum atomic E-state index is -0.458. The summed E-state index contributed by atoms with van der Waals surface area (Å²) in [5.74, 6) is 0.405. The topological polar surface area (TPSA) is 50.8 Å². The highest BCUT2D eigenvalue weighted by molar-refractivity contribution is 5.44. The molecule has 1 aromatic heterocycles. The van der Waals surface area contributed by atoms with E-state index in [4.69, 9.17) is 10.00 Å². The predicted molar refractivity (Wildman–Crippen MR) is 63.7 cm³/mol. The molecule has 2 aromatic rings. The Balaban J connectivity index is 2.20. The van der Waals surface area contributed by atoms with E-state index in [0.717, 1.165) is 19.0 Å². The summed E-state index contributed by atoms with van der Waals surface area (Å²) in [5.41, 5.74) is 0.165. The van der Waals surface area contributed by atoms with Crippen LogP contribution in [0.1, 0.15) is 18.9 Å². The highest BCUT2D eigenvalue weighted by Gasteiger charge is 2.07. The third kappa shape index (κ3) is 2.66. The molecule has 0 aliphatic carbocycles. The van der Waals surface area contributed by atoms with Crippen molar-refractivity contribution < 1.29 is 9.13 Å². The monoisotopic (exact) mass is 245 g/mol. The Morgan fingerprint density at radius 1 is 1.50 bits per heavy atom. The molecular formula is C13H12FN3O. The van der Waals surface area contributed by atoms with Gasteiger partial charge in [-0.2, -0.15) is 10.4 Å². The molecule has 5 heteroatoms. The number of aromatic nitrogens is 2. The Bertz CT molecular complexity index is 586. The van der Waals surface area contributed by atoms with Gasteiger partial charge in [-0.15, -0.1) is 0 Å². The second-order valence-electron chi connectivity index (χ2n) is 3.79. The zero-order chi connectivity index (χ0) is 13.0. The summed E-state index contributed by atoms with van der Waals surface area (Å²) in [4.78, 5) is 0. The van der Waals surface area contributed by atoms with Crippen molar-refractivity contribution in [1.82, 2.24) is 9.78 Å². The molecule has 1 aromatic carbocycles. The summed E-state index contributed by atoms with van der Waals surface area (Å²) in [7, 11) is 0. The smallest absolute Gasteiger partial charge is 0.165 e. The lowest BCUT2D eigenvalue weighted by molar-refractivity contribution is 0.477. The molecule has 4 nitrogen and oxygen atoms in total. The Labute approximate surface area is 104 Å². The zero-order valence-corrected chi connectivity index (χ0v) is 9.93. The summed E-state index contributed by atoms with van der Waals surface area (Å²) in [6.45, 7) is 2.86. The second kappa shape index (κ2) is 5.32. The molecule has 0 aliphatic heterocycles. The number of nitriles is 1. The summed E-state index contributed by atoms with van der Waals surface area (Å²) in [6, 6.07) is 5.73. The van der Waals surface area contributed by atoms with Crippen molar-refractivity contribution in [2.45, 2.75) is 19.9 Å². The van der Waals surface area contributed by atoms with Crippen LogP contribution >= 0.6 is 0 Å². The Hall–Kier alpha value is -2.35. The molecule has 18 heavy (non-hydrogen) atoms. The van der Waals surface area contributed by atoms with Crippen LogP contribution in [0.2, 0.25) is 0 Å². The molecule has 0 saturated carbocycles. The molecule has 0 aliphatic rings. The van der Waals surface area contributed by atoms with Gasteiger partial charge in [0.25, 0.3) is 0 Å². The molecular weight excluding hydrogens is 233 g/mol. The fourth-order valence-electron chi connectivity index (χ4n) is 1.55. The highest BCUT2D eigenvalue weighted by atomic mass is 19.1. The van der Waals surface area contributed by atoms with Gasteiger partial charge in [-0.3, -0.25) is 4.68 Å². The number of benzene rings is 1. The first-order chi connectivity index (χ1) is 8.72. The van der Waals surface area contributed by atoms with E-state index in [9.17, 15) is 4.39 Å². The molecule has 0 spiro atoms. The molecule has 0 fully saturated rings. The van der Waals surface area contributed by atoms with E-state index in [-0.39, 0.29) is 5.56 Å². The van der Waals surface area contributed by atoms with E-state index in [0.29, 0.717) is 11.5 Å². The average molecular weight is 245 g/mol. The molecule has 0 amide bonds. The first-order valence-electron chi connectivity index (χ1n) is 5.63. The lowest BCUT2D eigenvalue weighted by Gasteiger charge is -2.04. The Morgan fingerprint density at radius 3 is 3.06 bits per heavy atom. The molecule has 2 rings (SSSR count). The van der Waals surface area contributed by atoms with Gasteiger partial charge in [0.05, 0.1) is 18.0 Å². The van der Waals surface area contributed by atoms with Crippen molar-refractivity contribution in [3.05, 3.63) is 42.0 Å². The summed E-state index contributed by atoms with van der Waals surface area (Å²) in [5, 5.41) is 13.0. The van der Waals surface area contributed by atoms with Crippen LogP contribution in [0.25, 0.3) is 0 Å². The van der Waals surface area contributed by atoms with Crippen LogP contribution in [0.4, 0.5) is 4.39 Å². The molecule has 0 saturated heterocycles. The number of halogens is 1. The number of nitrogens with zero attached hydrogens (tertiary/aromatic N) is 3. The van der Waals surface area contributed by atoms with Crippen LogP contribution in [0.15, 0.2) is 30.6 Å². The lowest BCUT2D eigenvalue weighted by atomic mass is 10.2. The number of aryl methyl sites for hydroxylation is 1. The molecule has 0 unspecified atom stereocenters. The molecule has 0 bridgehead atoms. The zero-order valence-electron chi connectivity index (χ0n) is 9.93. The molecule has 92 valence electrons. The summed E-state index contributed by atoms with van der Waals surface area (Å²) in [6.07, 6.45) is 4.29. The molecule has 0 radical (unpaired) electrons. The predicted octanol–water partition coefficient (Wildman–Crippen LogP) is 3.10. The van der Waals surface area contributed by atoms with Crippen LogP contribution in [-0.2, 0) is 6.54 Å². The number of hydrogen-bond acceptors (Lipinski definition) is 3. The fourth-order valence-corrected chi connectivity index (χ4v) is 1.55. The maximum Gasteiger partial charge on any atom is 0.165 e. The van der Waals surface area contributed by atoms with Crippen molar-refractivity contribution in [1.29, 1.82) is 5.26 Å². The largest absolute Gasteiger partial charge is 0.453 e. The first kappa shape index (κ1) is 12.1. The molecule has 0 N–H and O–H groups in total. The van der Waals surface area contributed by atoms with E-state index in [1.54, 1.807) is 17.1 Å². The van der Waals surface area contributed by atoms with Crippen molar-refractivity contribution >= 4 is 0 Å². The van der Waals surface area contributed by atoms with Gasteiger partial charge in [-0.05, 0) is 24.6 Å². The van der Waals surface area contributed by atoms with Crippen molar-refractivity contribution in [3.8, 4) is 17.6 Å². The van der Waals surface area contributed by atoms with Gasteiger partial charge in [-0.1, -0.05) is 6.92 Å². The van der Waals surface area contributed by atoms with E-state index in [2.05, 4.69) is 12.0 Å². The van der Waals surface area contributed by atoms with Gasteiger partial charge in [0.1, 0.15) is 17.6 Å². The summed E-state index contributed by atoms with van der Waals surface area (Å²) >= 11 is 0. The fraction of sp³-hybridized carbons (Fsp3) is 0.231. The summed E-state index contributed by atoms with van der Waals surface area (Å²) < 4.78 is 20.2. The van der Waals surface area contributed by atoms with Gasteiger partial charge in [0.2, 0.25) is 0 Å². The SMILES string of the molecule is CCCn1cc(Oc2ccc(F)cc2C#N)cn1. The number of ether oxygens (including phenoxy) is 1. The first-order valence-corrected chi connectivity index (χ1v) is 5.63. The minimum Gasteiger partial charge on any atom is -0.453 e. The Kier molecular flexibility index (Phi) is 3.58. The van der Waals surface area contributed by atoms with Crippen molar-refractivity contribution in [2.75, 3.05) is 0 Å². The normalized spacial score (nSPS) is 10.1. The highest BCUT2D eigenvalue weighted by Crippen LogP contribution is 2.25. The quantitative estimate of drug-likeness (QED) is 0.831. The molecule has 1 heterocycles. The minimum absolute atomic E-state index is 0.165.